The zero-order chi connectivity index (χ0) is 25.0. The van der Waals surface area contributed by atoms with Crippen molar-refractivity contribution in [3.63, 3.8) is 0 Å². The van der Waals surface area contributed by atoms with Crippen LogP contribution in [0, 0.1) is 5.92 Å². The number of hydrogen-bond donors (Lipinski definition) is 2. The second-order valence-corrected chi connectivity index (χ2v) is 11.7. The zero-order valence-corrected chi connectivity index (χ0v) is 21.2. The fourth-order valence-corrected chi connectivity index (χ4v) is 5.70. The normalized spacial score (nSPS) is 16.6. The van der Waals surface area contributed by atoms with Gasteiger partial charge in [-0.3, -0.25) is 9.59 Å². The second-order valence-electron chi connectivity index (χ2n) is 9.51. The number of benzene rings is 2. The molecule has 0 spiro atoms. The Hall–Kier alpha value is -2.91. The molecule has 2 amide bonds. The van der Waals surface area contributed by atoms with E-state index in [1.54, 1.807) is 12.1 Å². The SMILES string of the molecule is CN(C)S(=O)(=O)c1ccc(N2CCCC2)c(C(=O)NCc2cccc(NC(=O)C3CCCC3)c2)c1. The summed E-state index contributed by atoms with van der Waals surface area (Å²) in [6.45, 7) is 1.93. The van der Waals surface area contributed by atoms with Crippen LogP contribution in [0.2, 0.25) is 0 Å². The summed E-state index contributed by atoms with van der Waals surface area (Å²) in [4.78, 5) is 27.9. The first-order valence-electron chi connectivity index (χ1n) is 12.3. The highest BCUT2D eigenvalue weighted by Gasteiger charge is 2.25. The van der Waals surface area contributed by atoms with E-state index in [0.717, 1.165) is 67.2 Å². The van der Waals surface area contributed by atoms with Crippen molar-refractivity contribution in [1.29, 1.82) is 0 Å². The van der Waals surface area contributed by atoms with Crippen LogP contribution < -0.4 is 15.5 Å². The molecule has 1 saturated carbocycles. The molecule has 8 nitrogen and oxygen atoms in total. The Morgan fingerprint density at radius 2 is 1.71 bits per heavy atom. The van der Waals surface area contributed by atoms with Gasteiger partial charge in [-0.1, -0.05) is 25.0 Å². The fourth-order valence-electron chi connectivity index (χ4n) is 4.77. The van der Waals surface area contributed by atoms with Crippen molar-refractivity contribution in [2.75, 3.05) is 37.4 Å². The minimum atomic E-state index is -3.67. The quantitative estimate of drug-likeness (QED) is 0.580. The lowest BCUT2D eigenvalue weighted by molar-refractivity contribution is -0.119. The van der Waals surface area contributed by atoms with E-state index < -0.39 is 10.0 Å². The first-order valence-corrected chi connectivity index (χ1v) is 13.7. The van der Waals surface area contributed by atoms with Gasteiger partial charge < -0.3 is 15.5 Å². The van der Waals surface area contributed by atoms with E-state index in [1.807, 2.05) is 24.3 Å². The van der Waals surface area contributed by atoms with E-state index in [0.29, 0.717) is 11.3 Å². The van der Waals surface area contributed by atoms with Crippen LogP contribution in [0.15, 0.2) is 47.4 Å². The number of rotatable bonds is 8. The van der Waals surface area contributed by atoms with E-state index >= 15 is 0 Å². The van der Waals surface area contributed by atoms with Crippen LogP contribution in [-0.4, -0.2) is 51.7 Å². The smallest absolute Gasteiger partial charge is 0.253 e. The van der Waals surface area contributed by atoms with Gasteiger partial charge in [-0.25, -0.2) is 12.7 Å². The lowest BCUT2D eigenvalue weighted by Crippen LogP contribution is -2.28. The van der Waals surface area contributed by atoms with Crippen molar-refractivity contribution in [3.05, 3.63) is 53.6 Å². The molecule has 2 N–H and O–H groups in total. The summed E-state index contributed by atoms with van der Waals surface area (Å²) in [6, 6.07) is 12.2. The number of amides is 2. The number of nitrogens with zero attached hydrogens (tertiary/aromatic N) is 2. The molecular formula is C26H34N4O4S. The molecule has 4 rings (SSSR count). The number of nitrogens with one attached hydrogen (secondary N) is 2. The third-order valence-electron chi connectivity index (χ3n) is 6.81. The lowest BCUT2D eigenvalue weighted by Gasteiger charge is -2.22. The standard InChI is InChI=1S/C26H34N4O4S/c1-29(2)35(33,34)22-12-13-24(30-14-5-6-15-30)23(17-22)26(32)27-18-19-8-7-11-21(16-19)28-25(31)20-9-3-4-10-20/h7-8,11-13,16-17,20H,3-6,9-10,14-15,18H2,1-2H3,(H,27,32)(H,28,31). The number of hydrogen-bond acceptors (Lipinski definition) is 5. The number of carbonyl (C=O) groups excluding carboxylic acids is 2. The summed E-state index contributed by atoms with van der Waals surface area (Å²) in [5.41, 5.74) is 2.66. The van der Waals surface area contributed by atoms with Gasteiger partial charge in [0.05, 0.1) is 10.5 Å². The van der Waals surface area contributed by atoms with Crippen LogP contribution in [0.1, 0.15) is 54.4 Å². The summed E-state index contributed by atoms with van der Waals surface area (Å²) in [7, 11) is -0.722. The molecule has 2 fully saturated rings. The summed E-state index contributed by atoms with van der Waals surface area (Å²) in [5.74, 6) is -0.200. The molecule has 0 atom stereocenters. The van der Waals surface area contributed by atoms with Crippen LogP contribution in [0.25, 0.3) is 0 Å². The number of carbonyl (C=O) groups is 2. The van der Waals surface area contributed by atoms with Crippen molar-refractivity contribution in [3.8, 4) is 0 Å². The van der Waals surface area contributed by atoms with Gasteiger partial charge in [-0.2, -0.15) is 0 Å². The van der Waals surface area contributed by atoms with Crippen LogP contribution in [-0.2, 0) is 21.4 Å². The minimum absolute atomic E-state index is 0.0536. The van der Waals surface area contributed by atoms with Crippen LogP contribution >= 0.6 is 0 Å². The molecule has 0 radical (unpaired) electrons. The molecule has 188 valence electrons. The van der Waals surface area contributed by atoms with E-state index in [9.17, 15) is 18.0 Å². The number of anilines is 2. The minimum Gasteiger partial charge on any atom is -0.371 e. The van der Waals surface area contributed by atoms with Gasteiger partial charge in [0.15, 0.2) is 0 Å². The topological polar surface area (TPSA) is 98.8 Å². The van der Waals surface area contributed by atoms with Gasteiger partial charge in [0.1, 0.15) is 0 Å². The van der Waals surface area contributed by atoms with Gasteiger partial charge in [-0.15, -0.1) is 0 Å². The maximum atomic E-state index is 13.3. The van der Waals surface area contributed by atoms with E-state index in [-0.39, 0.29) is 29.2 Å². The molecule has 1 aliphatic carbocycles. The summed E-state index contributed by atoms with van der Waals surface area (Å²) >= 11 is 0. The second kappa shape index (κ2) is 10.8. The predicted octanol–water partition coefficient (Wildman–Crippen LogP) is 3.60. The van der Waals surface area contributed by atoms with E-state index in [1.165, 1.54) is 20.2 Å². The summed E-state index contributed by atoms with van der Waals surface area (Å²) in [5, 5.41) is 5.93. The molecule has 1 heterocycles. The highest BCUT2D eigenvalue weighted by atomic mass is 32.2. The Bertz CT molecular complexity index is 1180. The molecular weight excluding hydrogens is 464 g/mol. The Kier molecular flexibility index (Phi) is 7.76. The first-order chi connectivity index (χ1) is 16.8. The average Bonchev–Trinajstić information content (AvgIpc) is 3.57. The van der Waals surface area contributed by atoms with Gasteiger partial charge in [0.25, 0.3) is 5.91 Å². The molecule has 9 heteroatoms. The molecule has 0 unspecified atom stereocenters. The molecule has 2 aromatic rings. The molecule has 1 aliphatic heterocycles. The van der Waals surface area contributed by atoms with Crippen molar-refractivity contribution >= 4 is 33.2 Å². The highest BCUT2D eigenvalue weighted by Crippen LogP contribution is 2.29. The average molecular weight is 499 g/mol. The van der Waals surface area contributed by atoms with E-state index in [2.05, 4.69) is 15.5 Å². The van der Waals surface area contributed by atoms with Crippen LogP contribution in [0.3, 0.4) is 0 Å². The molecule has 1 saturated heterocycles. The van der Waals surface area contributed by atoms with Crippen LogP contribution in [0.5, 0.6) is 0 Å². The largest absolute Gasteiger partial charge is 0.371 e. The van der Waals surface area contributed by atoms with Crippen molar-refractivity contribution in [1.82, 2.24) is 9.62 Å². The first kappa shape index (κ1) is 25.2. The van der Waals surface area contributed by atoms with Gasteiger partial charge >= 0.3 is 0 Å². The molecule has 0 bridgehead atoms. The molecule has 0 aromatic heterocycles. The Morgan fingerprint density at radius 1 is 1.00 bits per heavy atom. The van der Waals surface area contributed by atoms with E-state index in [4.69, 9.17) is 0 Å². The van der Waals surface area contributed by atoms with Gasteiger partial charge in [-0.05, 0) is 61.6 Å². The van der Waals surface area contributed by atoms with Crippen LogP contribution in [0.4, 0.5) is 11.4 Å². The highest BCUT2D eigenvalue weighted by molar-refractivity contribution is 7.89. The predicted molar refractivity (Wildman–Crippen MR) is 137 cm³/mol. The Balaban J connectivity index is 1.50. The van der Waals surface area contributed by atoms with Crippen molar-refractivity contribution in [2.45, 2.75) is 50.0 Å². The molecule has 2 aliphatic rings. The number of sulfonamides is 1. The monoisotopic (exact) mass is 498 g/mol. The Labute approximate surface area is 207 Å². The summed E-state index contributed by atoms with van der Waals surface area (Å²) < 4.78 is 26.5. The molecule has 2 aromatic carbocycles. The maximum Gasteiger partial charge on any atom is 0.253 e. The van der Waals surface area contributed by atoms with Gasteiger partial charge in [0, 0.05) is 51.0 Å². The maximum absolute atomic E-state index is 13.3. The third-order valence-corrected chi connectivity index (χ3v) is 8.62. The zero-order valence-electron chi connectivity index (χ0n) is 20.4. The van der Waals surface area contributed by atoms with Crippen molar-refractivity contribution < 1.29 is 18.0 Å². The summed E-state index contributed by atoms with van der Waals surface area (Å²) in [6.07, 6.45) is 6.14. The van der Waals surface area contributed by atoms with Gasteiger partial charge in [0.2, 0.25) is 15.9 Å². The third kappa shape index (κ3) is 5.85. The lowest BCUT2D eigenvalue weighted by atomic mass is 10.1. The van der Waals surface area contributed by atoms with Crippen molar-refractivity contribution in [2.24, 2.45) is 5.92 Å². The fraction of sp³-hybridized carbons (Fsp3) is 0.462. The Morgan fingerprint density at radius 3 is 2.40 bits per heavy atom. The molecule has 35 heavy (non-hydrogen) atoms.